The zero-order valence-corrected chi connectivity index (χ0v) is 14.5. The minimum absolute atomic E-state index is 0.237. The Hall–Kier alpha value is -0.920. The van der Waals surface area contributed by atoms with Crippen molar-refractivity contribution in [3.63, 3.8) is 0 Å². The first-order valence-corrected chi connectivity index (χ1v) is 8.84. The van der Waals surface area contributed by atoms with Crippen LogP contribution in [-0.2, 0) is 6.54 Å². The van der Waals surface area contributed by atoms with Gasteiger partial charge in [-0.25, -0.2) is 0 Å². The minimum Gasteiger partial charge on any atom is -0.349 e. The highest BCUT2D eigenvalue weighted by molar-refractivity contribution is 9.11. The van der Waals surface area contributed by atoms with Crippen molar-refractivity contribution in [2.75, 3.05) is 23.3 Å². The fourth-order valence-corrected chi connectivity index (χ4v) is 3.85. The van der Waals surface area contributed by atoms with Gasteiger partial charge in [-0.15, -0.1) is 11.3 Å². The number of piperidine rings is 1. The molecule has 8 heteroatoms. The lowest BCUT2D eigenvalue weighted by Gasteiger charge is -2.26. The summed E-state index contributed by atoms with van der Waals surface area (Å²) in [5.41, 5.74) is 0. The van der Waals surface area contributed by atoms with E-state index in [1.54, 1.807) is 11.3 Å². The zero-order chi connectivity index (χ0) is 14.7. The van der Waals surface area contributed by atoms with Gasteiger partial charge in [0.05, 0.1) is 10.3 Å². The number of hydrogen-bond donors (Lipinski definition) is 1. The number of aromatic nitrogens is 3. The van der Waals surface area contributed by atoms with Gasteiger partial charge in [0.2, 0.25) is 17.2 Å². The Bertz CT molecular complexity index is 614. The van der Waals surface area contributed by atoms with E-state index < -0.39 is 0 Å². The first-order chi connectivity index (χ1) is 10.2. The van der Waals surface area contributed by atoms with Crippen molar-refractivity contribution in [2.24, 2.45) is 0 Å². The van der Waals surface area contributed by atoms with E-state index in [1.807, 2.05) is 6.07 Å². The topological polar surface area (TPSA) is 53.9 Å². The van der Waals surface area contributed by atoms with Crippen LogP contribution in [-0.4, -0.2) is 28.0 Å². The molecule has 2 aromatic heterocycles. The van der Waals surface area contributed by atoms with Gasteiger partial charge < -0.3 is 10.2 Å². The highest BCUT2D eigenvalue weighted by Gasteiger charge is 2.15. The predicted octanol–water partition coefficient (Wildman–Crippen LogP) is 3.95. The van der Waals surface area contributed by atoms with Gasteiger partial charge in [-0.1, -0.05) is 0 Å². The van der Waals surface area contributed by atoms with Crippen LogP contribution in [0.3, 0.4) is 0 Å². The lowest BCUT2D eigenvalue weighted by atomic mass is 10.1. The Morgan fingerprint density at radius 2 is 2.00 bits per heavy atom. The number of rotatable bonds is 4. The smallest absolute Gasteiger partial charge is 0.231 e. The molecule has 0 saturated carbocycles. The number of nitrogens with zero attached hydrogens (tertiary/aromatic N) is 4. The Labute approximate surface area is 140 Å². The maximum atomic E-state index is 6.02. The Morgan fingerprint density at radius 1 is 1.19 bits per heavy atom. The van der Waals surface area contributed by atoms with Gasteiger partial charge in [-0.05, 0) is 58.9 Å². The summed E-state index contributed by atoms with van der Waals surface area (Å²) >= 11 is 11.2. The molecule has 0 spiro atoms. The van der Waals surface area contributed by atoms with E-state index in [2.05, 4.69) is 47.2 Å². The van der Waals surface area contributed by atoms with Crippen molar-refractivity contribution in [3.8, 4) is 0 Å². The molecule has 1 aliphatic heterocycles. The minimum atomic E-state index is 0.237. The van der Waals surface area contributed by atoms with E-state index >= 15 is 0 Å². The molecule has 5 nitrogen and oxygen atoms in total. The van der Waals surface area contributed by atoms with E-state index in [4.69, 9.17) is 11.6 Å². The van der Waals surface area contributed by atoms with Gasteiger partial charge >= 0.3 is 0 Å². The quantitative estimate of drug-likeness (QED) is 0.859. The van der Waals surface area contributed by atoms with Gasteiger partial charge in [-0.2, -0.15) is 15.0 Å². The average Bonchev–Trinajstić information content (AvgIpc) is 2.91. The van der Waals surface area contributed by atoms with Crippen LogP contribution in [0.5, 0.6) is 0 Å². The van der Waals surface area contributed by atoms with Crippen molar-refractivity contribution in [1.29, 1.82) is 0 Å². The van der Waals surface area contributed by atoms with E-state index in [0.717, 1.165) is 16.9 Å². The van der Waals surface area contributed by atoms with E-state index in [9.17, 15) is 0 Å². The average molecular weight is 389 g/mol. The number of anilines is 2. The van der Waals surface area contributed by atoms with Gasteiger partial charge in [0.15, 0.2) is 0 Å². The molecule has 3 heterocycles. The van der Waals surface area contributed by atoms with Crippen molar-refractivity contribution >= 4 is 50.8 Å². The van der Waals surface area contributed by atoms with Crippen LogP contribution in [0.4, 0.5) is 11.9 Å². The van der Waals surface area contributed by atoms with E-state index in [-0.39, 0.29) is 5.28 Å². The predicted molar refractivity (Wildman–Crippen MR) is 90.2 cm³/mol. The SMILES string of the molecule is Clc1nc(NCc2ccc(Br)s2)nc(N2CCCCC2)n1. The first-order valence-electron chi connectivity index (χ1n) is 6.85. The van der Waals surface area contributed by atoms with E-state index in [0.29, 0.717) is 18.4 Å². The molecule has 0 atom stereocenters. The van der Waals surface area contributed by atoms with E-state index in [1.165, 1.54) is 24.1 Å². The normalized spacial score (nSPS) is 15.2. The maximum Gasteiger partial charge on any atom is 0.231 e. The van der Waals surface area contributed by atoms with Crippen molar-refractivity contribution < 1.29 is 0 Å². The second-order valence-electron chi connectivity index (χ2n) is 4.84. The molecular formula is C13H15BrClN5S. The van der Waals surface area contributed by atoms with Crippen molar-refractivity contribution in [2.45, 2.75) is 25.8 Å². The van der Waals surface area contributed by atoms with Gasteiger partial charge in [-0.3, -0.25) is 0 Å². The van der Waals surface area contributed by atoms with Gasteiger partial charge in [0, 0.05) is 18.0 Å². The van der Waals surface area contributed by atoms with Gasteiger partial charge in [0.25, 0.3) is 0 Å². The van der Waals surface area contributed by atoms with Crippen molar-refractivity contribution in [1.82, 2.24) is 15.0 Å². The van der Waals surface area contributed by atoms with Crippen LogP contribution in [0.25, 0.3) is 0 Å². The van der Waals surface area contributed by atoms with Crippen molar-refractivity contribution in [3.05, 3.63) is 26.1 Å². The number of halogens is 2. The number of thiophene rings is 1. The molecule has 0 aromatic carbocycles. The monoisotopic (exact) mass is 387 g/mol. The standard InChI is InChI=1S/C13H15BrClN5S/c14-10-5-4-9(21-10)8-16-12-17-11(15)18-13(19-12)20-6-2-1-3-7-20/h4-5H,1-3,6-8H2,(H,16,17,18,19). The van der Waals surface area contributed by atoms with Crippen LogP contribution in [0.2, 0.25) is 5.28 Å². The highest BCUT2D eigenvalue weighted by atomic mass is 79.9. The Balaban J connectivity index is 1.71. The lowest BCUT2D eigenvalue weighted by Crippen LogP contribution is -2.31. The molecule has 0 bridgehead atoms. The van der Waals surface area contributed by atoms with Crippen LogP contribution in [0.1, 0.15) is 24.1 Å². The number of nitrogens with one attached hydrogen (secondary N) is 1. The summed E-state index contributed by atoms with van der Waals surface area (Å²) in [6.45, 7) is 2.64. The molecule has 2 aromatic rings. The zero-order valence-electron chi connectivity index (χ0n) is 11.4. The molecule has 1 N–H and O–H groups in total. The molecule has 1 saturated heterocycles. The van der Waals surface area contributed by atoms with Crippen LogP contribution in [0.15, 0.2) is 15.9 Å². The second kappa shape index (κ2) is 6.89. The first kappa shape index (κ1) is 15.0. The molecule has 21 heavy (non-hydrogen) atoms. The molecule has 0 radical (unpaired) electrons. The number of hydrogen-bond acceptors (Lipinski definition) is 6. The molecular weight excluding hydrogens is 374 g/mol. The summed E-state index contributed by atoms with van der Waals surface area (Å²) in [6, 6.07) is 4.09. The molecule has 1 aliphatic rings. The van der Waals surface area contributed by atoms with Gasteiger partial charge in [0.1, 0.15) is 0 Å². The Morgan fingerprint density at radius 3 is 2.71 bits per heavy atom. The molecule has 0 unspecified atom stereocenters. The fourth-order valence-electron chi connectivity index (χ4n) is 2.27. The third-order valence-electron chi connectivity index (χ3n) is 3.28. The molecule has 112 valence electrons. The third-order valence-corrected chi connectivity index (χ3v) is 5.08. The van der Waals surface area contributed by atoms with Crippen LogP contribution in [0, 0.1) is 0 Å². The largest absolute Gasteiger partial charge is 0.349 e. The molecule has 3 rings (SSSR count). The highest BCUT2D eigenvalue weighted by Crippen LogP contribution is 2.23. The third kappa shape index (κ3) is 4.05. The summed E-state index contributed by atoms with van der Waals surface area (Å²) in [5.74, 6) is 1.20. The summed E-state index contributed by atoms with van der Waals surface area (Å²) in [6.07, 6.45) is 3.62. The lowest BCUT2D eigenvalue weighted by molar-refractivity contribution is 0.567. The fraction of sp³-hybridized carbons (Fsp3) is 0.462. The Kier molecular flexibility index (Phi) is 4.92. The molecule has 0 aliphatic carbocycles. The summed E-state index contributed by atoms with van der Waals surface area (Å²) in [5, 5.41) is 3.45. The molecule has 1 fully saturated rings. The molecule has 0 amide bonds. The van der Waals surface area contributed by atoms with Crippen LogP contribution >= 0.6 is 38.9 Å². The second-order valence-corrected chi connectivity index (χ2v) is 7.72. The summed E-state index contributed by atoms with van der Waals surface area (Å²) in [7, 11) is 0. The maximum absolute atomic E-state index is 6.02. The van der Waals surface area contributed by atoms with Crippen LogP contribution < -0.4 is 10.2 Å². The summed E-state index contributed by atoms with van der Waals surface area (Å²) in [4.78, 5) is 16.2. The summed E-state index contributed by atoms with van der Waals surface area (Å²) < 4.78 is 1.11.